The lowest BCUT2D eigenvalue weighted by Crippen LogP contribution is -2.12. The molecule has 0 bridgehead atoms. The first-order chi connectivity index (χ1) is 7.77. The van der Waals surface area contributed by atoms with Crippen molar-refractivity contribution in [1.29, 1.82) is 5.41 Å². The molecule has 0 radical (unpaired) electrons. The molecule has 0 saturated carbocycles. The van der Waals surface area contributed by atoms with E-state index in [0.29, 0.717) is 5.56 Å². The van der Waals surface area contributed by atoms with Crippen molar-refractivity contribution in [3.05, 3.63) is 54.2 Å². The number of pyridine rings is 1. The van der Waals surface area contributed by atoms with Gasteiger partial charge in [-0.1, -0.05) is 30.0 Å². The molecule has 0 fully saturated rings. The Hall–Kier alpha value is -1.81. The first-order valence-corrected chi connectivity index (χ1v) is 5.61. The third-order valence-electron chi connectivity index (χ3n) is 2.02. The molecule has 1 heterocycles. The van der Waals surface area contributed by atoms with Gasteiger partial charge in [0.15, 0.2) is 0 Å². The summed E-state index contributed by atoms with van der Waals surface area (Å²) in [6.45, 7) is 0. The second-order valence-corrected chi connectivity index (χ2v) is 4.25. The first-order valence-electron chi connectivity index (χ1n) is 4.79. The van der Waals surface area contributed by atoms with Gasteiger partial charge in [-0.05, 0) is 24.3 Å². The largest absolute Gasteiger partial charge is 0.384 e. The maximum Gasteiger partial charge on any atom is 0.125 e. The van der Waals surface area contributed by atoms with Crippen molar-refractivity contribution >= 4 is 17.6 Å². The van der Waals surface area contributed by atoms with Crippen LogP contribution in [0.4, 0.5) is 0 Å². The summed E-state index contributed by atoms with van der Waals surface area (Å²) in [6.07, 6.45) is 1.71. The second kappa shape index (κ2) is 4.81. The summed E-state index contributed by atoms with van der Waals surface area (Å²) in [4.78, 5) is 5.32. The maximum absolute atomic E-state index is 7.47. The molecule has 4 heteroatoms. The van der Waals surface area contributed by atoms with Gasteiger partial charge in [-0.2, -0.15) is 0 Å². The van der Waals surface area contributed by atoms with Gasteiger partial charge in [0.1, 0.15) is 10.9 Å². The number of hydrogen-bond acceptors (Lipinski definition) is 3. The number of nitrogens with zero attached hydrogens (tertiary/aromatic N) is 1. The van der Waals surface area contributed by atoms with E-state index >= 15 is 0 Å². The third kappa shape index (κ3) is 2.41. The molecule has 3 N–H and O–H groups in total. The van der Waals surface area contributed by atoms with E-state index in [0.717, 1.165) is 9.92 Å². The standard InChI is InChI=1S/C12H11N3S/c13-11(14)10-7-4-8-15-12(10)16-9-5-2-1-3-6-9/h1-8H,(H3,13,14). The van der Waals surface area contributed by atoms with Gasteiger partial charge in [0.2, 0.25) is 0 Å². The van der Waals surface area contributed by atoms with E-state index in [2.05, 4.69) is 4.98 Å². The molecular weight excluding hydrogens is 218 g/mol. The molecule has 0 atom stereocenters. The van der Waals surface area contributed by atoms with E-state index in [1.165, 1.54) is 11.8 Å². The Kier molecular flexibility index (Phi) is 3.22. The average Bonchev–Trinajstić information content (AvgIpc) is 2.31. The summed E-state index contributed by atoms with van der Waals surface area (Å²) in [6, 6.07) is 13.5. The summed E-state index contributed by atoms with van der Waals surface area (Å²) in [5, 5.41) is 8.23. The number of amidine groups is 1. The molecule has 0 saturated heterocycles. The Morgan fingerprint density at radius 1 is 1.12 bits per heavy atom. The summed E-state index contributed by atoms with van der Waals surface area (Å²) in [5.74, 6) is 0.0477. The lowest BCUT2D eigenvalue weighted by Gasteiger charge is -2.05. The highest BCUT2D eigenvalue weighted by atomic mass is 32.2. The number of nitrogens with two attached hydrogens (primary N) is 1. The Morgan fingerprint density at radius 3 is 2.56 bits per heavy atom. The van der Waals surface area contributed by atoms with Crippen LogP contribution in [-0.2, 0) is 0 Å². The molecule has 0 spiro atoms. The highest BCUT2D eigenvalue weighted by Crippen LogP contribution is 2.27. The molecule has 1 aromatic carbocycles. The minimum atomic E-state index is 0.0477. The number of aromatic nitrogens is 1. The van der Waals surface area contributed by atoms with E-state index in [9.17, 15) is 0 Å². The zero-order valence-corrected chi connectivity index (χ0v) is 9.37. The van der Waals surface area contributed by atoms with E-state index in [1.807, 2.05) is 30.3 Å². The van der Waals surface area contributed by atoms with Crippen molar-refractivity contribution in [2.45, 2.75) is 9.92 Å². The van der Waals surface area contributed by atoms with Gasteiger partial charge < -0.3 is 5.73 Å². The van der Waals surface area contributed by atoms with E-state index in [1.54, 1.807) is 18.3 Å². The van der Waals surface area contributed by atoms with Crippen molar-refractivity contribution in [3.63, 3.8) is 0 Å². The van der Waals surface area contributed by atoms with Gasteiger partial charge in [-0.3, -0.25) is 5.41 Å². The Balaban J connectivity index is 2.31. The quantitative estimate of drug-likeness (QED) is 0.628. The fourth-order valence-electron chi connectivity index (χ4n) is 1.28. The summed E-state index contributed by atoms with van der Waals surface area (Å²) >= 11 is 1.51. The number of rotatable bonds is 3. The van der Waals surface area contributed by atoms with Crippen LogP contribution in [0.5, 0.6) is 0 Å². The van der Waals surface area contributed by atoms with Crippen LogP contribution in [0.3, 0.4) is 0 Å². The van der Waals surface area contributed by atoms with Gasteiger partial charge in [-0.15, -0.1) is 0 Å². The fourth-order valence-corrected chi connectivity index (χ4v) is 2.20. The van der Waals surface area contributed by atoms with Crippen LogP contribution in [0, 0.1) is 5.41 Å². The average molecular weight is 229 g/mol. The van der Waals surface area contributed by atoms with Crippen LogP contribution in [-0.4, -0.2) is 10.8 Å². The van der Waals surface area contributed by atoms with Crippen LogP contribution in [0.25, 0.3) is 0 Å². The lowest BCUT2D eigenvalue weighted by atomic mass is 10.3. The van der Waals surface area contributed by atoms with Gasteiger partial charge >= 0.3 is 0 Å². The molecule has 0 unspecified atom stereocenters. The van der Waals surface area contributed by atoms with E-state index < -0.39 is 0 Å². The van der Waals surface area contributed by atoms with Crippen LogP contribution >= 0.6 is 11.8 Å². The third-order valence-corrected chi connectivity index (χ3v) is 3.05. The molecule has 16 heavy (non-hydrogen) atoms. The summed E-state index contributed by atoms with van der Waals surface area (Å²) < 4.78 is 0. The normalized spacial score (nSPS) is 10.0. The van der Waals surface area contributed by atoms with E-state index in [-0.39, 0.29) is 5.84 Å². The Bertz CT molecular complexity index is 497. The predicted octanol–water partition coefficient (Wildman–Crippen LogP) is 2.52. The highest BCUT2D eigenvalue weighted by molar-refractivity contribution is 7.99. The Morgan fingerprint density at radius 2 is 1.88 bits per heavy atom. The molecule has 0 amide bonds. The summed E-state index contributed by atoms with van der Waals surface area (Å²) in [7, 11) is 0. The van der Waals surface area contributed by atoms with Crippen molar-refractivity contribution in [2.75, 3.05) is 0 Å². The highest BCUT2D eigenvalue weighted by Gasteiger charge is 2.07. The molecule has 2 aromatic rings. The summed E-state index contributed by atoms with van der Waals surface area (Å²) in [5.41, 5.74) is 6.18. The van der Waals surface area contributed by atoms with Crippen molar-refractivity contribution < 1.29 is 0 Å². The maximum atomic E-state index is 7.47. The van der Waals surface area contributed by atoms with Crippen LogP contribution < -0.4 is 5.73 Å². The zero-order valence-electron chi connectivity index (χ0n) is 8.55. The molecule has 2 rings (SSSR count). The molecule has 3 nitrogen and oxygen atoms in total. The molecule has 80 valence electrons. The van der Waals surface area contributed by atoms with Crippen LogP contribution in [0.2, 0.25) is 0 Å². The lowest BCUT2D eigenvalue weighted by molar-refractivity contribution is 1.11. The molecule has 0 aliphatic heterocycles. The fraction of sp³-hybridized carbons (Fsp3) is 0. The predicted molar refractivity (Wildman–Crippen MR) is 65.8 cm³/mol. The zero-order chi connectivity index (χ0) is 11.4. The molecule has 0 aliphatic carbocycles. The second-order valence-electron chi connectivity index (χ2n) is 3.18. The number of benzene rings is 1. The van der Waals surface area contributed by atoms with Crippen molar-refractivity contribution in [3.8, 4) is 0 Å². The molecular formula is C12H11N3S. The van der Waals surface area contributed by atoms with Crippen LogP contribution in [0.1, 0.15) is 5.56 Å². The van der Waals surface area contributed by atoms with Crippen molar-refractivity contribution in [1.82, 2.24) is 4.98 Å². The van der Waals surface area contributed by atoms with Gasteiger partial charge in [0.25, 0.3) is 0 Å². The molecule has 1 aromatic heterocycles. The van der Waals surface area contributed by atoms with E-state index in [4.69, 9.17) is 11.1 Å². The first kappa shape index (κ1) is 10.7. The van der Waals surface area contributed by atoms with Crippen molar-refractivity contribution in [2.24, 2.45) is 5.73 Å². The smallest absolute Gasteiger partial charge is 0.125 e. The minimum Gasteiger partial charge on any atom is -0.384 e. The van der Waals surface area contributed by atoms with Gasteiger partial charge in [-0.25, -0.2) is 4.98 Å². The van der Waals surface area contributed by atoms with Crippen LogP contribution in [0.15, 0.2) is 58.6 Å². The van der Waals surface area contributed by atoms with Gasteiger partial charge in [0, 0.05) is 16.7 Å². The number of nitrogens with one attached hydrogen (secondary N) is 1. The number of hydrogen-bond donors (Lipinski definition) is 2. The minimum absolute atomic E-state index is 0.0477. The van der Waals surface area contributed by atoms with Gasteiger partial charge in [0.05, 0.1) is 0 Å². The topological polar surface area (TPSA) is 62.8 Å². The SMILES string of the molecule is N=C(N)c1cccnc1Sc1ccccc1. The molecule has 0 aliphatic rings. The number of nitrogen functional groups attached to an aromatic ring is 1. The Labute approximate surface area is 98.2 Å². The monoisotopic (exact) mass is 229 g/mol.